The van der Waals surface area contributed by atoms with Gasteiger partial charge in [-0.2, -0.15) is 0 Å². The lowest BCUT2D eigenvalue weighted by Crippen LogP contribution is -2.39. The highest BCUT2D eigenvalue weighted by atomic mass is 16.2. The average molecular weight is 404 g/mol. The first-order valence-corrected chi connectivity index (χ1v) is 11.2. The van der Waals surface area contributed by atoms with Gasteiger partial charge in [-0.25, -0.2) is 4.79 Å². The zero-order valence-corrected chi connectivity index (χ0v) is 17.3. The summed E-state index contributed by atoms with van der Waals surface area (Å²) in [4.78, 5) is 32.4. The van der Waals surface area contributed by atoms with Crippen LogP contribution in [-0.4, -0.2) is 33.4 Å². The smallest absolute Gasteiger partial charge is 0.323 e. The molecule has 2 fully saturated rings. The third kappa shape index (κ3) is 3.69. The summed E-state index contributed by atoms with van der Waals surface area (Å²) in [7, 11) is 0. The van der Waals surface area contributed by atoms with Gasteiger partial charge in [0.15, 0.2) is 0 Å². The summed E-state index contributed by atoms with van der Waals surface area (Å²) in [6, 6.07) is 17.2. The van der Waals surface area contributed by atoms with E-state index in [-0.39, 0.29) is 5.69 Å². The van der Waals surface area contributed by atoms with Gasteiger partial charge in [-0.1, -0.05) is 49.2 Å². The molecule has 0 bridgehead atoms. The summed E-state index contributed by atoms with van der Waals surface area (Å²) in [5.74, 6) is 1.40. The van der Waals surface area contributed by atoms with Crippen LogP contribution in [0.4, 0.5) is 0 Å². The topological polar surface area (TPSA) is 69.0 Å². The molecular weight excluding hydrogens is 374 g/mol. The highest BCUT2D eigenvalue weighted by Gasteiger charge is 2.44. The molecule has 2 heterocycles. The van der Waals surface area contributed by atoms with Gasteiger partial charge in [0.25, 0.3) is 0 Å². The number of aryl methyl sites for hydroxylation is 1. The van der Waals surface area contributed by atoms with E-state index in [1.807, 2.05) is 18.2 Å². The van der Waals surface area contributed by atoms with Crippen molar-refractivity contribution in [2.24, 2.45) is 5.92 Å². The first-order valence-electron chi connectivity index (χ1n) is 11.2. The second kappa shape index (κ2) is 8.13. The predicted molar refractivity (Wildman–Crippen MR) is 118 cm³/mol. The van der Waals surface area contributed by atoms with Crippen molar-refractivity contribution in [2.45, 2.75) is 56.9 Å². The van der Waals surface area contributed by atoms with Gasteiger partial charge < -0.3 is 14.9 Å². The Hall–Kier alpha value is -2.82. The number of hydrogen-bond acceptors (Lipinski definition) is 2. The van der Waals surface area contributed by atoms with Gasteiger partial charge in [-0.05, 0) is 54.9 Å². The fraction of sp³-hybridized carbons (Fsp3) is 0.440. The van der Waals surface area contributed by atoms with Crippen molar-refractivity contribution in [3.05, 3.63) is 70.1 Å². The second-order valence-corrected chi connectivity index (χ2v) is 8.89. The zero-order valence-electron chi connectivity index (χ0n) is 17.3. The van der Waals surface area contributed by atoms with Gasteiger partial charge in [0.1, 0.15) is 0 Å². The highest BCUT2D eigenvalue weighted by molar-refractivity contribution is 5.77. The quantitative estimate of drug-likeness (QED) is 0.664. The molecule has 1 amide bonds. The molecule has 0 radical (unpaired) electrons. The van der Waals surface area contributed by atoms with E-state index in [4.69, 9.17) is 0 Å². The molecule has 2 aliphatic rings. The number of nitrogens with zero attached hydrogens (tertiary/aromatic N) is 1. The van der Waals surface area contributed by atoms with Crippen molar-refractivity contribution in [3.8, 4) is 0 Å². The molecule has 156 valence electrons. The Bertz CT molecular complexity index is 1080. The lowest BCUT2D eigenvalue weighted by Gasteiger charge is -2.32. The van der Waals surface area contributed by atoms with Gasteiger partial charge >= 0.3 is 5.69 Å². The summed E-state index contributed by atoms with van der Waals surface area (Å²) in [5.41, 5.74) is 4.02. The number of H-pyrrole nitrogens is 2. The van der Waals surface area contributed by atoms with E-state index in [0.29, 0.717) is 30.2 Å². The SMILES string of the molecule is O=C(CCCc1ccc2[nH]c(=O)[nH]c2c1)N1CC(c2ccccc2)C2CCCCC21. The van der Waals surface area contributed by atoms with E-state index in [2.05, 4.69) is 45.2 Å². The van der Waals surface area contributed by atoms with Crippen LogP contribution in [0.1, 0.15) is 55.6 Å². The molecular formula is C25H29N3O2. The molecule has 2 N–H and O–H groups in total. The third-order valence-corrected chi connectivity index (χ3v) is 7.08. The van der Waals surface area contributed by atoms with Crippen molar-refractivity contribution in [3.63, 3.8) is 0 Å². The van der Waals surface area contributed by atoms with Crippen molar-refractivity contribution < 1.29 is 4.79 Å². The summed E-state index contributed by atoms with van der Waals surface area (Å²) in [6.07, 6.45) is 7.19. The Labute approximate surface area is 176 Å². The van der Waals surface area contributed by atoms with Gasteiger partial charge in [-0.3, -0.25) is 4.79 Å². The second-order valence-electron chi connectivity index (χ2n) is 8.89. The van der Waals surface area contributed by atoms with Crippen molar-refractivity contribution >= 4 is 16.9 Å². The van der Waals surface area contributed by atoms with Crippen LogP contribution in [0.3, 0.4) is 0 Å². The molecule has 1 aliphatic carbocycles. The summed E-state index contributed by atoms with van der Waals surface area (Å²) >= 11 is 0. The van der Waals surface area contributed by atoms with E-state index in [0.717, 1.165) is 42.4 Å². The minimum atomic E-state index is -0.179. The molecule has 1 aromatic heterocycles. The number of fused-ring (bicyclic) bond motifs is 2. The number of aromatic nitrogens is 2. The van der Waals surface area contributed by atoms with E-state index in [1.54, 1.807) is 0 Å². The molecule has 1 aliphatic heterocycles. The number of imidazole rings is 1. The number of likely N-dealkylation sites (tertiary alicyclic amines) is 1. The van der Waals surface area contributed by atoms with E-state index in [9.17, 15) is 9.59 Å². The van der Waals surface area contributed by atoms with Crippen LogP contribution in [0, 0.1) is 5.92 Å². The van der Waals surface area contributed by atoms with Crippen LogP contribution in [-0.2, 0) is 11.2 Å². The average Bonchev–Trinajstić information content (AvgIpc) is 3.34. The number of amides is 1. The predicted octanol–water partition coefficient (Wildman–Crippen LogP) is 4.36. The van der Waals surface area contributed by atoms with E-state index < -0.39 is 0 Å². The van der Waals surface area contributed by atoms with Crippen molar-refractivity contribution in [2.75, 3.05) is 6.54 Å². The number of benzene rings is 2. The van der Waals surface area contributed by atoms with Crippen LogP contribution < -0.4 is 5.69 Å². The maximum Gasteiger partial charge on any atom is 0.323 e. The lowest BCUT2D eigenvalue weighted by atomic mass is 9.77. The van der Waals surface area contributed by atoms with E-state index >= 15 is 0 Å². The number of hydrogen-bond donors (Lipinski definition) is 2. The molecule has 3 unspecified atom stereocenters. The zero-order chi connectivity index (χ0) is 20.5. The number of carbonyl (C=O) groups is 1. The van der Waals surface area contributed by atoms with Crippen LogP contribution >= 0.6 is 0 Å². The molecule has 5 rings (SSSR count). The number of rotatable bonds is 5. The Kier molecular flexibility index (Phi) is 5.19. The summed E-state index contributed by atoms with van der Waals surface area (Å²) in [6.45, 7) is 0.870. The van der Waals surface area contributed by atoms with E-state index in [1.165, 1.54) is 24.8 Å². The van der Waals surface area contributed by atoms with Gasteiger partial charge in [0, 0.05) is 24.9 Å². The molecule has 3 atom stereocenters. The third-order valence-electron chi connectivity index (χ3n) is 7.08. The number of nitrogens with one attached hydrogen (secondary N) is 2. The Morgan fingerprint density at radius 2 is 1.80 bits per heavy atom. The molecule has 0 spiro atoms. The first kappa shape index (κ1) is 19.2. The van der Waals surface area contributed by atoms with Crippen LogP contribution in [0.15, 0.2) is 53.3 Å². The van der Waals surface area contributed by atoms with Crippen LogP contribution in [0.5, 0.6) is 0 Å². The monoisotopic (exact) mass is 403 g/mol. The largest absolute Gasteiger partial charge is 0.339 e. The molecule has 5 nitrogen and oxygen atoms in total. The van der Waals surface area contributed by atoms with Crippen molar-refractivity contribution in [1.29, 1.82) is 0 Å². The molecule has 5 heteroatoms. The fourth-order valence-corrected chi connectivity index (χ4v) is 5.64. The molecule has 30 heavy (non-hydrogen) atoms. The maximum atomic E-state index is 13.2. The van der Waals surface area contributed by atoms with Gasteiger partial charge in [-0.15, -0.1) is 0 Å². The molecule has 1 saturated carbocycles. The van der Waals surface area contributed by atoms with Crippen LogP contribution in [0.2, 0.25) is 0 Å². The number of carbonyl (C=O) groups excluding carboxylic acids is 1. The van der Waals surface area contributed by atoms with Crippen LogP contribution in [0.25, 0.3) is 11.0 Å². The van der Waals surface area contributed by atoms with Gasteiger partial charge in [0.2, 0.25) is 5.91 Å². The summed E-state index contributed by atoms with van der Waals surface area (Å²) in [5, 5.41) is 0. The lowest BCUT2D eigenvalue weighted by molar-refractivity contribution is -0.132. The fourth-order valence-electron chi connectivity index (χ4n) is 5.64. The Morgan fingerprint density at radius 1 is 1.00 bits per heavy atom. The Morgan fingerprint density at radius 3 is 2.67 bits per heavy atom. The Balaban J connectivity index is 1.24. The molecule has 1 saturated heterocycles. The minimum Gasteiger partial charge on any atom is -0.339 e. The number of aromatic amines is 2. The molecule has 2 aromatic carbocycles. The maximum absolute atomic E-state index is 13.2. The van der Waals surface area contributed by atoms with Gasteiger partial charge in [0.05, 0.1) is 11.0 Å². The normalized spacial score (nSPS) is 23.6. The minimum absolute atomic E-state index is 0.179. The first-order chi connectivity index (χ1) is 14.7. The molecule has 3 aromatic rings. The standard InChI is InChI=1S/C25H29N3O2/c29-24(12-6-7-17-13-14-21-22(15-17)27-25(30)26-21)28-16-20(18-8-2-1-3-9-18)19-10-4-5-11-23(19)28/h1-3,8-9,13-15,19-20,23H,4-7,10-12,16H2,(H2,26,27,30). The highest BCUT2D eigenvalue weighted by Crippen LogP contribution is 2.45. The van der Waals surface area contributed by atoms with Crippen molar-refractivity contribution in [1.82, 2.24) is 14.9 Å². The summed E-state index contributed by atoms with van der Waals surface area (Å²) < 4.78 is 0.